The van der Waals surface area contributed by atoms with E-state index in [-0.39, 0.29) is 11.7 Å². The molecular formula is C17H25NO2. The predicted octanol–water partition coefficient (Wildman–Crippen LogP) is 3.84. The van der Waals surface area contributed by atoms with Gasteiger partial charge in [-0.2, -0.15) is 0 Å². The smallest absolute Gasteiger partial charge is 0.142 e. The van der Waals surface area contributed by atoms with Crippen molar-refractivity contribution in [3.05, 3.63) is 23.8 Å². The quantitative estimate of drug-likeness (QED) is 0.834. The molecule has 2 fully saturated rings. The highest BCUT2D eigenvalue weighted by molar-refractivity contribution is 5.53. The summed E-state index contributed by atoms with van der Waals surface area (Å²) in [5.74, 6) is 0.836. The van der Waals surface area contributed by atoms with E-state index < -0.39 is 0 Å². The number of hydrogen-bond acceptors (Lipinski definition) is 3. The molecule has 20 heavy (non-hydrogen) atoms. The van der Waals surface area contributed by atoms with Crippen molar-refractivity contribution >= 4 is 5.69 Å². The van der Waals surface area contributed by atoms with Crippen LogP contribution in [0.2, 0.25) is 0 Å². The number of nitrogens with two attached hydrogens (primary N) is 1. The molecule has 1 heterocycles. The molecule has 1 aliphatic carbocycles. The number of nitrogen functional groups attached to an aromatic ring is 1. The van der Waals surface area contributed by atoms with Crippen LogP contribution >= 0.6 is 0 Å². The Morgan fingerprint density at radius 2 is 2.05 bits per heavy atom. The second-order valence-corrected chi connectivity index (χ2v) is 6.37. The van der Waals surface area contributed by atoms with E-state index in [0.29, 0.717) is 0 Å². The minimum absolute atomic E-state index is 0.0831. The molecule has 3 heteroatoms. The minimum Gasteiger partial charge on any atom is -0.488 e. The van der Waals surface area contributed by atoms with Crippen LogP contribution in [-0.2, 0) is 4.74 Å². The maximum atomic E-state index is 6.19. The van der Waals surface area contributed by atoms with Gasteiger partial charge in [0.25, 0.3) is 0 Å². The Balaban J connectivity index is 1.69. The molecule has 1 spiro atoms. The van der Waals surface area contributed by atoms with Crippen LogP contribution in [-0.4, -0.2) is 18.3 Å². The van der Waals surface area contributed by atoms with Crippen LogP contribution in [0.15, 0.2) is 18.2 Å². The summed E-state index contributed by atoms with van der Waals surface area (Å²) in [5, 5.41) is 0. The molecule has 1 aliphatic heterocycles. The maximum absolute atomic E-state index is 6.19. The number of anilines is 1. The Labute approximate surface area is 121 Å². The van der Waals surface area contributed by atoms with Gasteiger partial charge in [-0.25, -0.2) is 0 Å². The lowest BCUT2D eigenvalue weighted by atomic mass is 9.79. The number of rotatable bonds is 2. The Morgan fingerprint density at radius 1 is 1.25 bits per heavy atom. The lowest BCUT2D eigenvalue weighted by Crippen LogP contribution is -2.45. The summed E-state index contributed by atoms with van der Waals surface area (Å²) in [4.78, 5) is 0. The van der Waals surface area contributed by atoms with Crippen molar-refractivity contribution in [3.8, 4) is 5.75 Å². The largest absolute Gasteiger partial charge is 0.488 e. The molecule has 1 saturated carbocycles. The number of hydrogen-bond donors (Lipinski definition) is 1. The van der Waals surface area contributed by atoms with E-state index in [2.05, 4.69) is 6.92 Å². The van der Waals surface area contributed by atoms with Crippen molar-refractivity contribution < 1.29 is 9.47 Å². The van der Waals surface area contributed by atoms with Crippen molar-refractivity contribution in [1.82, 2.24) is 0 Å². The topological polar surface area (TPSA) is 44.5 Å². The molecule has 1 aromatic carbocycles. The van der Waals surface area contributed by atoms with E-state index in [9.17, 15) is 0 Å². The standard InChI is InChI=1S/C17H25NO2/c1-13-5-6-15(18)16(11-13)20-14-7-10-19-17(12-14)8-3-2-4-9-17/h5-6,11,14H,2-4,7-10,12,18H2,1H3. The van der Waals surface area contributed by atoms with E-state index in [1.54, 1.807) is 0 Å². The normalized spacial score (nSPS) is 25.6. The van der Waals surface area contributed by atoms with Crippen LogP contribution in [0.5, 0.6) is 5.75 Å². The molecule has 1 aromatic rings. The van der Waals surface area contributed by atoms with Crippen LogP contribution in [0, 0.1) is 6.92 Å². The van der Waals surface area contributed by atoms with Gasteiger partial charge in [0.15, 0.2) is 0 Å². The average molecular weight is 275 g/mol. The molecule has 1 unspecified atom stereocenters. The van der Waals surface area contributed by atoms with Gasteiger partial charge in [0.2, 0.25) is 0 Å². The van der Waals surface area contributed by atoms with Crippen molar-refractivity contribution in [2.24, 2.45) is 0 Å². The molecular weight excluding hydrogens is 250 g/mol. The van der Waals surface area contributed by atoms with E-state index in [1.165, 1.54) is 37.7 Å². The first-order chi connectivity index (χ1) is 9.67. The van der Waals surface area contributed by atoms with Crippen LogP contribution in [0.1, 0.15) is 50.5 Å². The van der Waals surface area contributed by atoms with Gasteiger partial charge in [-0.3, -0.25) is 0 Å². The maximum Gasteiger partial charge on any atom is 0.142 e. The Morgan fingerprint density at radius 3 is 2.85 bits per heavy atom. The van der Waals surface area contributed by atoms with E-state index in [4.69, 9.17) is 15.2 Å². The molecule has 3 nitrogen and oxygen atoms in total. The number of ether oxygens (including phenoxy) is 2. The zero-order valence-electron chi connectivity index (χ0n) is 12.4. The zero-order chi connectivity index (χ0) is 14.0. The summed E-state index contributed by atoms with van der Waals surface area (Å²) in [6.45, 7) is 2.88. The van der Waals surface area contributed by atoms with Crippen molar-refractivity contribution in [3.63, 3.8) is 0 Å². The molecule has 0 aromatic heterocycles. The van der Waals surface area contributed by atoms with Gasteiger partial charge < -0.3 is 15.2 Å². The average Bonchev–Trinajstić information content (AvgIpc) is 2.44. The molecule has 110 valence electrons. The lowest BCUT2D eigenvalue weighted by molar-refractivity contribution is -0.129. The van der Waals surface area contributed by atoms with Crippen molar-refractivity contribution in [2.75, 3.05) is 12.3 Å². The van der Waals surface area contributed by atoms with Gasteiger partial charge in [0.05, 0.1) is 17.9 Å². The third-order valence-electron chi connectivity index (χ3n) is 4.68. The summed E-state index contributed by atoms with van der Waals surface area (Å²) < 4.78 is 12.3. The Hall–Kier alpha value is -1.22. The molecule has 0 amide bonds. The number of benzene rings is 1. The van der Waals surface area contributed by atoms with Gasteiger partial charge in [0, 0.05) is 12.8 Å². The van der Waals surface area contributed by atoms with Crippen LogP contribution in [0.3, 0.4) is 0 Å². The molecule has 2 N–H and O–H groups in total. The minimum atomic E-state index is 0.0831. The fraction of sp³-hybridized carbons (Fsp3) is 0.647. The zero-order valence-corrected chi connectivity index (χ0v) is 12.4. The van der Waals surface area contributed by atoms with Gasteiger partial charge in [0.1, 0.15) is 11.9 Å². The highest BCUT2D eigenvalue weighted by atomic mass is 16.5. The van der Waals surface area contributed by atoms with Gasteiger partial charge in [-0.1, -0.05) is 25.3 Å². The van der Waals surface area contributed by atoms with E-state index >= 15 is 0 Å². The molecule has 1 saturated heterocycles. The summed E-state index contributed by atoms with van der Waals surface area (Å²) in [7, 11) is 0. The molecule has 3 rings (SSSR count). The van der Waals surface area contributed by atoms with Crippen molar-refractivity contribution in [2.45, 2.75) is 63.6 Å². The van der Waals surface area contributed by atoms with Crippen LogP contribution in [0.25, 0.3) is 0 Å². The molecule has 1 atom stereocenters. The van der Waals surface area contributed by atoms with Crippen molar-refractivity contribution in [1.29, 1.82) is 0 Å². The third-order valence-corrected chi connectivity index (χ3v) is 4.68. The Bertz CT molecular complexity index is 461. The van der Waals surface area contributed by atoms with Gasteiger partial charge >= 0.3 is 0 Å². The monoisotopic (exact) mass is 275 g/mol. The second kappa shape index (κ2) is 5.65. The summed E-state index contributed by atoms with van der Waals surface area (Å²) >= 11 is 0. The van der Waals surface area contributed by atoms with E-state index in [1.807, 2.05) is 18.2 Å². The fourth-order valence-electron chi connectivity index (χ4n) is 3.55. The molecule has 0 radical (unpaired) electrons. The predicted molar refractivity (Wildman–Crippen MR) is 81.0 cm³/mol. The van der Waals surface area contributed by atoms with Crippen LogP contribution < -0.4 is 10.5 Å². The fourth-order valence-corrected chi connectivity index (χ4v) is 3.55. The van der Waals surface area contributed by atoms with Gasteiger partial charge in [-0.05, 0) is 37.5 Å². The van der Waals surface area contributed by atoms with Gasteiger partial charge in [-0.15, -0.1) is 0 Å². The van der Waals surface area contributed by atoms with E-state index in [0.717, 1.165) is 30.9 Å². The molecule has 2 aliphatic rings. The first-order valence-corrected chi connectivity index (χ1v) is 7.84. The Kier molecular flexibility index (Phi) is 3.88. The van der Waals surface area contributed by atoms with Crippen LogP contribution in [0.4, 0.5) is 5.69 Å². The first kappa shape index (κ1) is 13.7. The summed E-state index contributed by atoms with van der Waals surface area (Å²) in [5.41, 5.74) is 8.03. The highest BCUT2D eigenvalue weighted by Crippen LogP contribution is 2.40. The number of aryl methyl sites for hydroxylation is 1. The molecule has 0 bridgehead atoms. The third kappa shape index (κ3) is 2.93. The SMILES string of the molecule is Cc1ccc(N)c(OC2CCOC3(CCCCC3)C2)c1. The lowest BCUT2D eigenvalue weighted by Gasteiger charge is -2.43. The summed E-state index contributed by atoms with van der Waals surface area (Å²) in [6, 6.07) is 5.99. The first-order valence-electron chi connectivity index (χ1n) is 7.84. The summed E-state index contributed by atoms with van der Waals surface area (Å²) in [6.07, 6.45) is 8.54. The highest BCUT2D eigenvalue weighted by Gasteiger charge is 2.39. The second-order valence-electron chi connectivity index (χ2n) is 6.37.